The van der Waals surface area contributed by atoms with E-state index in [1.54, 1.807) is 0 Å². The molecule has 0 aliphatic carbocycles. The maximum atomic E-state index is 10.2. The Morgan fingerprint density at radius 1 is 1.28 bits per heavy atom. The predicted octanol–water partition coefficient (Wildman–Crippen LogP) is -0.378. The number of rotatable bonds is 7. The molecule has 1 aliphatic rings. The number of imidazole rings is 1. The standard InChI is InChI=1S/C15H24N6O4/c1-2-3-4-5-17-12-9-13(20-15(16)19-12)21(7-18-9)14-11(24)10(23)8(6-22)25-14/h7-8,10-11,14,22-24H,2-6H2,1H3,(H3,16,17,19,20)/t8-,10-,11-,14?/m1/s1. The summed E-state index contributed by atoms with van der Waals surface area (Å²) in [6.45, 7) is 2.46. The van der Waals surface area contributed by atoms with Crippen molar-refractivity contribution in [1.29, 1.82) is 0 Å². The monoisotopic (exact) mass is 352 g/mol. The van der Waals surface area contributed by atoms with Crippen LogP contribution in [0.1, 0.15) is 32.4 Å². The Morgan fingerprint density at radius 3 is 2.76 bits per heavy atom. The van der Waals surface area contributed by atoms with Crippen molar-refractivity contribution in [2.75, 3.05) is 24.2 Å². The van der Waals surface area contributed by atoms with E-state index in [-0.39, 0.29) is 5.95 Å². The van der Waals surface area contributed by atoms with Crippen molar-refractivity contribution in [2.45, 2.75) is 50.7 Å². The number of fused-ring (bicyclic) bond motifs is 1. The van der Waals surface area contributed by atoms with E-state index in [0.717, 1.165) is 25.8 Å². The Kier molecular flexibility index (Phi) is 5.33. The molecule has 25 heavy (non-hydrogen) atoms. The molecular weight excluding hydrogens is 328 g/mol. The molecule has 1 saturated heterocycles. The van der Waals surface area contributed by atoms with Gasteiger partial charge in [0.15, 0.2) is 23.2 Å². The summed E-state index contributed by atoms with van der Waals surface area (Å²) in [5, 5.41) is 32.6. The quantitative estimate of drug-likeness (QED) is 0.420. The minimum Gasteiger partial charge on any atom is -0.394 e. The maximum Gasteiger partial charge on any atom is 0.224 e. The molecule has 2 aromatic rings. The van der Waals surface area contributed by atoms with Crippen LogP contribution in [0.4, 0.5) is 11.8 Å². The van der Waals surface area contributed by atoms with E-state index in [0.29, 0.717) is 17.0 Å². The molecule has 0 radical (unpaired) electrons. The van der Waals surface area contributed by atoms with Gasteiger partial charge in [0.25, 0.3) is 0 Å². The highest BCUT2D eigenvalue weighted by molar-refractivity contribution is 5.84. The fourth-order valence-electron chi connectivity index (χ4n) is 2.93. The van der Waals surface area contributed by atoms with Gasteiger partial charge in [-0.2, -0.15) is 9.97 Å². The third kappa shape index (κ3) is 3.38. The summed E-state index contributed by atoms with van der Waals surface area (Å²) >= 11 is 0. The van der Waals surface area contributed by atoms with Crippen LogP contribution in [-0.2, 0) is 4.74 Å². The molecule has 0 spiro atoms. The van der Waals surface area contributed by atoms with Gasteiger partial charge < -0.3 is 31.1 Å². The van der Waals surface area contributed by atoms with E-state index >= 15 is 0 Å². The van der Waals surface area contributed by atoms with Gasteiger partial charge in [0.1, 0.15) is 18.3 Å². The van der Waals surface area contributed by atoms with Gasteiger partial charge in [0.2, 0.25) is 5.95 Å². The first kappa shape index (κ1) is 17.8. The van der Waals surface area contributed by atoms with Crippen molar-refractivity contribution >= 4 is 22.9 Å². The van der Waals surface area contributed by atoms with Crippen LogP contribution in [0.3, 0.4) is 0 Å². The van der Waals surface area contributed by atoms with Crippen LogP contribution in [0.2, 0.25) is 0 Å². The molecule has 2 aromatic heterocycles. The summed E-state index contributed by atoms with van der Waals surface area (Å²) in [5.74, 6) is 0.586. The predicted molar refractivity (Wildman–Crippen MR) is 90.8 cm³/mol. The lowest BCUT2D eigenvalue weighted by atomic mass is 10.1. The minimum absolute atomic E-state index is 0.0685. The number of aliphatic hydroxyl groups excluding tert-OH is 3. The van der Waals surface area contributed by atoms with E-state index < -0.39 is 31.1 Å². The number of nitrogen functional groups attached to an aromatic ring is 1. The number of nitrogens with zero attached hydrogens (tertiary/aromatic N) is 4. The van der Waals surface area contributed by atoms with E-state index in [9.17, 15) is 15.3 Å². The smallest absolute Gasteiger partial charge is 0.224 e. The Bertz CT molecular complexity index is 723. The first-order valence-electron chi connectivity index (χ1n) is 8.43. The van der Waals surface area contributed by atoms with Crippen molar-refractivity contribution in [1.82, 2.24) is 19.5 Å². The topological polar surface area (TPSA) is 152 Å². The molecule has 3 heterocycles. The maximum absolute atomic E-state index is 10.2. The first-order valence-corrected chi connectivity index (χ1v) is 8.43. The minimum atomic E-state index is -1.22. The summed E-state index contributed by atoms with van der Waals surface area (Å²) in [6.07, 6.45) is 0.470. The average molecular weight is 352 g/mol. The van der Waals surface area contributed by atoms with E-state index in [1.165, 1.54) is 10.9 Å². The van der Waals surface area contributed by atoms with Crippen LogP contribution >= 0.6 is 0 Å². The highest BCUT2D eigenvalue weighted by Crippen LogP contribution is 2.32. The number of hydrogen-bond donors (Lipinski definition) is 5. The SMILES string of the molecule is CCCCCNc1nc(N)nc2c1ncn2C1O[C@H](CO)[C@@H](O)[C@H]1O. The molecule has 0 aromatic carbocycles. The van der Waals surface area contributed by atoms with E-state index in [2.05, 4.69) is 27.2 Å². The zero-order chi connectivity index (χ0) is 18.0. The van der Waals surface area contributed by atoms with Gasteiger partial charge in [-0.15, -0.1) is 0 Å². The zero-order valence-corrected chi connectivity index (χ0v) is 14.0. The van der Waals surface area contributed by atoms with E-state index in [4.69, 9.17) is 10.5 Å². The molecule has 1 aliphatic heterocycles. The largest absolute Gasteiger partial charge is 0.394 e. The molecule has 0 bridgehead atoms. The lowest BCUT2D eigenvalue weighted by molar-refractivity contribution is -0.0511. The second-order valence-electron chi connectivity index (χ2n) is 6.12. The number of ether oxygens (including phenoxy) is 1. The Morgan fingerprint density at radius 2 is 2.08 bits per heavy atom. The van der Waals surface area contributed by atoms with Gasteiger partial charge in [0.05, 0.1) is 12.9 Å². The highest BCUT2D eigenvalue weighted by Gasteiger charge is 2.44. The van der Waals surface area contributed by atoms with Crippen LogP contribution in [0.5, 0.6) is 0 Å². The van der Waals surface area contributed by atoms with Crippen molar-refractivity contribution in [3.63, 3.8) is 0 Å². The Hall–Kier alpha value is -2.01. The number of aliphatic hydroxyl groups is 3. The summed E-state index contributed by atoms with van der Waals surface area (Å²) < 4.78 is 7.03. The second-order valence-corrected chi connectivity index (χ2v) is 6.12. The second kappa shape index (κ2) is 7.48. The number of hydrogen-bond acceptors (Lipinski definition) is 9. The lowest BCUT2D eigenvalue weighted by Crippen LogP contribution is -2.33. The summed E-state index contributed by atoms with van der Waals surface area (Å²) in [6, 6.07) is 0. The van der Waals surface area contributed by atoms with Crippen molar-refractivity contribution < 1.29 is 20.1 Å². The van der Waals surface area contributed by atoms with Gasteiger partial charge in [-0.1, -0.05) is 19.8 Å². The number of aromatic nitrogens is 4. The lowest BCUT2D eigenvalue weighted by Gasteiger charge is -2.16. The van der Waals surface area contributed by atoms with Crippen LogP contribution in [0, 0.1) is 0 Å². The summed E-state index contributed by atoms with van der Waals surface area (Å²) in [4.78, 5) is 12.7. The molecule has 1 unspecified atom stereocenters. The molecule has 138 valence electrons. The van der Waals surface area contributed by atoms with Crippen molar-refractivity contribution in [3.05, 3.63) is 6.33 Å². The number of nitrogens with two attached hydrogens (primary N) is 1. The molecular formula is C15H24N6O4. The van der Waals surface area contributed by atoms with Gasteiger partial charge in [0, 0.05) is 6.54 Å². The summed E-state index contributed by atoms with van der Waals surface area (Å²) in [7, 11) is 0. The van der Waals surface area contributed by atoms with Crippen LogP contribution in [0.15, 0.2) is 6.33 Å². The van der Waals surface area contributed by atoms with Crippen molar-refractivity contribution in [3.8, 4) is 0 Å². The van der Waals surface area contributed by atoms with Crippen molar-refractivity contribution in [2.24, 2.45) is 0 Å². The molecule has 10 heteroatoms. The Balaban J connectivity index is 1.89. The van der Waals surface area contributed by atoms with Gasteiger partial charge >= 0.3 is 0 Å². The molecule has 0 amide bonds. The third-order valence-electron chi connectivity index (χ3n) is 4.30. The van der Waals surface area contributed by atoms with Crippen LogP contribution in [0.25, 0.3) is 11.2 Å². The normalized spacial score (nSPS) is 26.4. The van der Waals surface area contributed by atoms with Crippen LogP contribution < -0.4 is 11.1 Å². The van der Waals surface area contributed by atoms with Gasteiger partial charge in [-0.3, -0.25) is 4.57 Å². The molecule has 1 fully saturated rings. The fourth-order valence-corrected chi connectivity index (χ4v) is 2.93. The number of unbranched alkanes of at least 4 members (excludes halogenated alkanes) is 2. The molecule has 3 rings (SSSR count). The molecule has 4 atom stereocenters. The van der Waals surface area contributed by atoms with Gasteiger partial charge in [-0.05, 0) is 6.42 Å². The molecule has 6 N–H and O–H groups in total. The molecule has 0 saturated carbocycles. The fraction of sp³-hybridized carbons (Fsp3) is 0.667. The zero-order valence-electron chi connectivity index (χ0n) is 14.0. The van der Waals surface area contributed by atoms with Gasteiger partial charge in [-0.25, -0.2) is 4.98 Å². The first-order chi connectivity index (χ1) is 12.1. The summed E-state index contributed by atoms with van der Waals surface area (Å²) in [5.41, 5.74) is 6.69. The Labute approximate surface area is 144 Å². The average Bonchev–Trinajstić information content (AvgIpc) is 3.13. The molecule has 10 nitrogen and oxygen atoms in total. The third-order valence-corrected chi connectivity index (χ3v) is 4.30. The van der Waals surface area contributed by atoms with Crippen LogP contribution in [-0.4, -0.2) is 66.3 Å². The van der Waals surface area contributed by atoms with E-state index in [1.807, 2.05) is 0 Å². The number of nitrogens with one attached hydrogen (secondary N) is 1. The highest BCUT2D eigenvalue weighted by atomic mass is 16.6. The number of anilines is 2.